The van der Waals surface area contributed by atoms with Crippen molar-refractivity contribution in [1.82, 2.24) is 0 Å². The Morgan fingerprint density at radius 2 is 1.93 bits per heavy atom. The maximum Gasteiger partial charge on any atom is 0.0368 e. The van der Waals surface area contributed by atoms with Gasteiger partial charge in [0.05, 0.1) is 0 Å². The standard InChI is InChI=1S/C13H20N2/c1-3-15(13-8-9-13)12-6-4-11(5-7-12)10(2)14/h4-7,10,13H,3,8-9,14H2,1-2H3. The maximum atomic E-state index is 5.83. The number of nitrogens with two attached hydrogens (primary N) is 1. The molecule has 1 aromatic rings. The Hall–Kier alpha value is -1.02. The van der Waals surface area contributed by atoms with Crippen LogP contribution in [-0.4, -0.2) is 12.6 Å². The summed E-state index contributed by atoms with van der Waals surface area (Å²) in [5.41, 5.74) is 8.38. The average molecular weight is 204 g/mol. The minimum atomic E-state index is 0.134. The molecule has 1 aromatic carbocycles. The van der Waals surface area contributed by atoms with E-state index in [1.54, 1.807) is 0 Å². The summed E-state index contributed by atoms with van der Waals surface area (Å²) < 4.78 is 0. The van der Waals surface area contributed by atoms with E-state index in [-0.39, 0.29) is 6.04 Å². The molecule has 2 heteroatoms. The molecular formula is C13H20N2. The quantitative estimate of drug-likeness (QED) is 0.817. The van der Waals surface area contributed by atoms with E-state index >= 15 is 0 Å². The van der Waals surface area contributed by atoms with Crippen LogP contribution in [0, 0.1) is 0 Å². The summed E-state index contributed by atoms with van der Waals surface area (Å²) in [6, 6.07) is 9.60. The van der Waals surface area contributed by atoms with Gasteiger partial charge in [-0.25, -0.2) is 0 Å². The van der Waals surface area contributed by atoms with Crippen molar-refractivity contribution in [3.63, 3.8) is 0 Å². The zero-order chi connectivity index (χ0) is 10.8. The number of benzene rings is 1. The fourth-order valence-corrected chi connectivity index (χ4v) is 2.01. The minimum absolute atomic E-state index is 0.134. The predicted molar refractivity (Wildman–Crippen MR) is 65.1 cm³/mol. The van der Waals surface area contributed by atoms with Crippen LogP contribution >= 0.6 is 0 Å². The summed E-state index contributed by atoms with van der Waals surface area (Å²) in [6.07, 6.45) is 2.70. The van der Waals surface area contributed by atoms with Gasteiger partial charge in [-0.2, -0.15) is 0 Å². The summed E-state index contributed by atoms with van der Waals surface area (Å²) in [4.78, 5) is 2.48. The molecule has 82 valence electrons. The molecule has 0 spiro atoms. The fourth-order valence-electron chi connectivity index (χ4n) is 2.01. The van der Waals surface area contributed by atoms with Crippen molar-refractivity contribution in [2.24, 2.45) is 5.73 Å². The fraction of sp³-hybridized carbons (Fsp3) is 0.538. The van der Waals surface area contributed by atoms with Crippen LogP contribution < -0.4 is 10.6 Å². The molecule has 15 heavy (non-hydrogen) atoms. The van der Waals surface area contributed by atoms with Crippen molar-refractivity contribution in [3.05, 3.63) is 29.8 Å². The highest BCUT2D eigenvalue weighted by atomic mass is 15.2. The lowest BCUT2D eigenvalue weighted by Crippen LogP contribution is -2.24. The molecule has 1 atom stereocenters. The molecule has 1 unspecified atom stereocenters. The van der Waals surface area contributed by atoms with E-state index in [1.807, 2.05) is 6.92 Å². The number of rotatable bonds is 4. The lowest BCUT2D eigenvalue weighted by atomic mass is 10.1. The molecule has 0 heterocycles. The third-order valence-corrected chi connectivity index (χ3v) is 3.08. The first kappa shape index (κ1) is 10.5. The first-order valence-electron chi connectivity index (χ1n) is 5.84. The van der Waals surface area contributed by atoms with Gasteiger partial charge in [0.15, 0.2) is 0 Å². The molecule has 2 nitrogen and oxygen atoms in total. The summed E-state index contributed by atoms with van der Waals surface area (Å²) in [5, 5.41) is 0. The molecule has 1 saturated carbocycles. The van der Waals surface area contributed by atoms with Crippen LogP contribution in [0.3, 0.4) is 0 Å². The Labute approximate surface area is 92.1 Å². The van der Waals surface area contributed by atoms with Gasteiger partial charge in [-0.3, -0.25) is 0 Å². The zero-order valence-corrected chi connectivity index (χ0v) is 9.61. The van der Waals surface area contributed by atoms with E-state index in [1.165, 1.54) is 24.1 Å². The van der Waals surface area contributed by atoms with Gasteiger partial charge in [0.1, 0.15) is 0 Å². The maximum absolute atomic E-state index is 5.83. The second-order valence-electron chi connectivity index (χ2n) is 4.40. The third kappa shape index (κ3) is 2.32. The Balaban J connectivity index is 2.14. The lowest BCUT2D eigenvalue weighted by molar-refractivity contribution is 0.809. The van der Waals surface area contributed by atoms with Crippen LogP contribution in [0.15, 0.2) is 24.3 Å². The number of hydrogen-bond acceptors (Lipinski definition) is 2. The molecule has 1 aliphatic rings. The second kappa shape index (κ2) is 4.23. The average Bonchev–Trinajstić information content (AvgIpc) is 3.04. The smallest absolute Gasteiger partial charge is 0.0368 e. The molecule has 0 amide bonds. The molecule has 0 bridgehead atoms. The van der Waals surface area contributed by atoms with E-state index in [0.717, 1.165) is 12.6 Å². The predicted octanol–water partition coefficient (Wildman–Crippen LogP) is 2.70. The van der Waals surface area contributed by atoms with Crippen LogP contribution in [0.4, 0.5) is 5.69 Å². The Bertz CT molecular complexity index is 312. The van der Waals surface area contributed by atoms with Crippen LogP contribution in [-0.2, 0) is 0 Å². The van der Waals surface area contributed by atoms with E-state index in [9.17, 15) is 0 Å². The SMILES string of the molecule is CCN(c1ccc(C(C)N)cc1)C1CC1. The van der Waals surface area contributed by atoms with Gasteiger partial charge in [0, 0.05) is 24.3 Å². The molecule has 0 aromatic heterocycles. The zero-order valence-electron chi connectivity index (χ0n) is 9.61. The second-order valence-corrected chi connectivity index (χ2v) is 4.40. The van der Waals surface area contributed by atoms with Gasteiger partial charge in [0.25, 0.3) is 0 Å². The highest BCUT2D eigenvalue weighted by Gasteiger charge is 2.27. The van der Waals surface area contributed by atoms with Crippen molar-refractivity contribution in [2.75, 3.05) is 11.4 Å². The summed E-state index contributed by atoms with van der Waals surface area (Å²) in [6.45, 7) is 5.34. The van der Waals surface area contributed by atoms with Crippen LogP contribution in [0.1, 0.15) is 38.3 Å². The topological polar surface area (TPSA) is 29.3 Å². The largest absolute Gasteiger partial charge is 0.369 e. The minimum Gasteiger partial charge on any atom is -0.369 e. The lowest BCUT2D eigenvalue weighted by Gasteiger charge is -2.23. The number of nitrogens with zero attached hydrogens (tertiary/aromatic N) is 1. The van der Waals surface area contributed by atoms with Gasteiger partial charge >= 0.3 is 0 Å². The summed E-state index contributed by atoms with van der Waals surface area (Å²) in [7, 11) is 0. The number of hydrogen-bond donors (Lipinski definition) is 1. The molecule has 2 rings (SSSR count). The van der Waals surface area contributed by atoms with Crippen LogP contribution in [0.25, 0.3) is 0 Å². The van der Waals surface area contributed by atoms with E-state index in [2.05, 4.69) is 36.1 Å². The van der Waals surface area contributed by atoms with Crippen LogP contribution in [0.5, 0.6) is 0 Å². The summed E-state index contributed by atoms with van der Waals surface area (Å²) in [5.74, 6) is 0. The normalized spacial score (nSPS) is 17.5. The van der Waals surface area contributed by atoms with E-state index < -0.39 is 0 Å². The molecule has 0 aliphatic heterocycles. The van der Waals surface area contributed by atoms with E-state index in [4.69, 9.17) is 5.73 Å². The molecule has 1 aliphatic carbocycles. The summed E-state index contributed by atoms with van der Waals surface area (Å²) >= 11 is 0. The van der Waals surface area contributed by atoms with Gasteiger partial charge in [-0.05, 0) is 44.4 Å². The molecular weight excluding hydrogens is 184 g/mol. The molecule has 0 saturated heterocycles. The van der Waals surface area contributed by atoms with Crippen molar-refractivity contribution in [2.45, 2.75) is 38.8 Å². The van der Waals surface area contributed by atoms with Crippen molar-refractivity contribution >= 4 is 5.69 Å². The Morgan fingerprint density at radius 1 is 1.33 bits per heavy atom. The van der Waals surface area contributed by atoms with Gasteiger partial charge in [-0.1, -0.05) is 12.1 Å². The monoisotopic (exact) mass is 204 g/mol. The Kier molecular flexibility index (Phi) is 2.96. The molecule has 0 radical (unpaired) electrons. The Morgan fingerprint density at radius 3 is 2.33 bits per heavy atom. The van der Waals surface area contributed by atoms with Gasteiger partial charge < -0.3 is 10.6 Å². The first-order valence-corrected chi connectivity index (χ1v) is 5.84. The van der Waals surface area contributed by atoms with Crippen molar-refractivity contribution in [3.8, 4) is 0 Å². The third-order valence-electron chi connectivity index (χ3n) is 3.08. The first-order chi connectivity index (χ1) is 7.22. The van der Waals surface area contributed by atoms with E-state index in [0.29, 0.717) is 0 Å². The van der Waals surface area contributed by atoms with Gasteiger partial charge in [-0.15, -0.1) is 0 Å². The highest BCUT2D eigenvalue weighted by molar-refractivity contribution is 5.49. The number of anilines is 1. The molecule has 1 fully saturated rings. The highest BCUT2D eigenvalue weighted by Crippen LogP contribution is 2.31. The van der Waals surface area contributed by atoms with Crippen LogP contribution in [0.2, 0.25) is 0 Å². The molecule has 2 N–H and O–H groups in total. The van der Waals surface area contributed by atoms with Crippen molar-refractivity contribution in [1.29, 1.82) is 0 Å². The van der Waals surface area contributed by atoms with Gasteiger partial charge in [0.2, 0.25) is 0 Å². The van der Waals surface area contributed by atoms with Crippen molar-refractivity contribution < 1.29 is 0 Å².